The van der Waals surface area contributed by atoms with Crippen molar-refractivity contribution in [1.82, 2.24) is 24.7 Å². The van der Waals surface area contributed by atoms with E-state index in [1.807, 2.05) is 0 Å². The molecule has 3 aromatic rings. The first-order valence-corrected chi connectivity index (χ1v) is 6.36. The molecule has 106 valence electrons. The van der Waals surface area contributed by atoms with Crippen LogP contribution in [0.4, 0.5) is 4.39 Å². The molecule has 0 aliphatic rings. The van der Waals surface area contributed by atoms with E-state index in [1.165, 1.54) is 10.7 Å². The van der Waals surface area contributed by atoms with E-state index < -0.39 is 5.82 Å². The lowest BCUT2D eigenvalue weighted by molar-refractivity contribution is 0.406. The minimum Gasteiger partial charge on any atom is -0.421 e. The summed E-state index contributed by atoms with van der Waals surface area (Å²) in [6.07, 6.45) is 3.21. The van der Waals surface area contributed by atoms with Gasteiger partial charge in [-0.2, -0.15) is 20.1 Å². The van der Waals surface area contributed by atoms with Crippen LogP contribution in [0.5, 0.6) is 11.8 Å². The molecule has 0 bridgehead atoms. The van der Waals surface area contributed by atoms with E-state index in [2.05, 4.69) is 20.1 Å². The van der Waals surface area contributed by atoms with Gasteiger partial charge in [0.25, 0.3) is 5.95 Å². The van der Waals surface area contributed by atoms with Gasteiger partial charge >= 0.3 is 6.01 Å². The Kier molecular flexibility index (Phi) is 3.49. The van der Waals surface area contributed by atoms with Crippen molar-refractivity contribution >= 4 is 11.6 Å². The molecule has 6 nitrogen and oxygen atoms in total. The minimum atomic E-state index is -0.477. The molecule has 8 heteroatoms. The first-order valence-electron chi connectivity index (χ1n) is 5.98. The molecule has 0 atom stereocenters. The van der Waals surface area contributed by atoms with Crippen molar-refractivity contribution in [3.63, 3.8) is 0 Å². The molecule has 2 aromatic heterocycles. The molecule has 0 unspecified atom stereocenters. The van der Waals surface area contributed by atoms with Crippen LogP contribution in [-0.2, 0) is 0 Å². The first-order chi connectivity index (χ1) is 10.1. The average Bonchev–Trinajstić information content (AvgIpc) is 2.97. The van der Waals surface area contributed by atoms with E-state index in [-0.39, 0.29) is 23.0 Å². The fourth-order valence-corrected chi connectivity index (χ4v) is 1.80. The summed E-state index contributed by atoms with van der Waals surface area (Å²) < 4.78 is 20.7. The van der Waals surface area contributed by atoms with Crippen LogP contribution in [0.15, 0.2) is 36.7 Å². The maximum Gasteiger partial charge on any atom is 0.328 e. The number of hydrogen-bond acceptors (Lipinski definition) is 5. The number of rotatable bonds is 3. The topological polar surface area (TPSA) is 65.7 Å². The van der Waals surface area contributed by atoms with Crippen molar-refractivity contribution < 1.29 is 9.13 Å². The second-order valence-electron chi connectivity index (χ2n) is 4.13. The maximum atomic E-state index is 13.9. The van der Waals surface area contributed by atoms with E-state index in [9.17, 15) is 4.39 Å². The molecule has 0 aliphatic heterocycles. The van der Waals surface area contributed by atoms with Gasteiger partial charge in [0.2, 0.25) is 5.28 Å². The molecule has 21 heavy (non-hydrogen) atoms. The van der Waals surface area contributed by atoms with Gasteiger partial charge in [0.1, 0.15) is 0 Å². The van der Waals surface area contributed by atoms with Gasteiger partial charge in [0, 0.05) is 12.4 Å². The lowest BCUT2D eigenvalue weighted by Gasteiger charge is -2.07. The molecule has 0 spiro atoms. The number of aromatic nitrogens is 5. The van der Waals surface area contributed by atoms with Gasteiger partial charge in [-0.15, -0.1) is 0 Å². The molecule has 0 saturated carbocycles. The molecule has 1 aromatic carbocycles. The second kappa shape index (κ2) is 5.45. The van der Waals surface area contributed by atoms with Crippen LogP contribution < -0.4 is 4.74 Å². The molecule has 0 N–H and O–H groups in total. The van der Waals surface area contributed by atoms with Crippen molar-refractivity contribution in [2.75, 3.05) is 0 Å². The summed E-state index contributed by atoms with van der Waals surface area (Å²) in [5.41, 5.74) is 0.458. The zero-order valence-electron chi connectivity index (χ0n) is 10.9. The zero-order chi connectivity index (χ0) is 14.8. The monoisotopic (exact) mass is 305 g/mol. The van der Waals surface area contributed by atoms with E-state index >= 15 is 0 Å². The molecule has 0 fully saturated rings. The summed E-state index contributed by atoms with van der Waals surface area (Å²) in [6.45, 7) is 1.64. The second-order valence-corrected chi connectivity index (χ2v) is 4.46. The summed E-state index contributed by atoms with van der Waals surface area (Å²) >= 11 is 5.83. The maximum absolute atomic E-state index is 13.9. The molecule has 0 aliphatic carbocycles. The highest BCUT2D eigenvalue weighted by Crippen LogP contribution is 2.24. The Morgan fingerprint density at radius 3 is 2.81 bits per heavy atom. The fraction of sp³-hybridized carbons (Fsp3) is 0.0769. The Morgan fingerprint density at radius 2 is 2.05 bits per heavy atom. The highest BCUT2D eigenvalue weighted by Gasteiger charge is 2.12. The van der Waals surface area contributed by atoms with E-state index in [0.717, 1.165) is 0 Å². The molecule has 3 rings (SSSR count). The predicted octanol–water partition coefficient (Wildman–Crippen LogP) is 2.95. The van der Waals surface area contributed by atoms with Crippen molar-refractivity contribution in [2.24, 2.45) is 0 Å². The van der Waals surface area contributed by atoms with Gasteiger partial charge in [0.05, 0.1) is 0 Å². The summed E-state index contributed by atoms with van der Waals surface area (Å²) in [7, 11) is 0. The summed E-state index contributed by atoms with van der Waals surface area (Å²) in [5.74, 6) is -0.276. The number of benzene rings is 1. The lowest BCUT2D eigenvalue weighted by atomic mass is 10.2. The number of nitrogens with zero attached hydrogens (tertiary/aromatic N) is 5. The molecule has 0 radical (unpaired) electrons. The summed E-state index contributed by atoms with van der Waals surface area (Å²) in [4.78, 5) is 11.8. The highest BCUT2D eigenvalue weighted by molar-refractivity contribution is 6.28. The number of halogens is 2. The number of ether oxygens (including phenoxy) is 1. The Balaban J connectivity index is 1.98. The van der Waals surface area contributed by atoms with Crippen LogP contribution in [0.1, 0.15) is 5.56 Å². The number of aryl methyl sites for hydroxylation is 1. The van der Waals surface area contributed by atoms with Gasteiger partial charge in [-0.05, 0) is 36.2 Å². The van der Waals surface area contributed by atoms with Crippen LogP contribution in [0.25, 0.3) is 5.95 Å². The quantitative estimate of drug-likeness (QED) is 0.744. The van der Waals surface area contributed by atoms with Crippen LogP contribution in [-0.4, -0.2) is 24.7 Å². The van der Waals surface area contributed by atoms with Gasteiger partial charge in [0.15, 0.2) is 11.6 Å². The van der Waals surface area contributed by atoms with E-state index in [1.54, 1.807) is 37.5 Å². The van der Waals surface area contributed by atoms with E-state index in [0.29, 0.717) is 5.56 Å². The first kappa shape index (κ1) is 13.4. The highest BCUT2D eigenvalue weighted by atomic mass is 35.5. The van der Waals surface area contributed by atoms with Crippen LogP contribution in [0, 0.1) is 12.7 Å². The normalized spacial score (nSPS) is 10.6. The van der Waals surface area contributed by atoms with Gasteiger partial charge in [-0.3, -0.25) is 0 Å². The molecular formula is C13H9ClFN5O. The molecule has 0 saturated heterocycles. The molecule has 0 amide bonds. The SMILES string of the molecule is Cc1cccc(Oc2nc(Cl)nc(-n3cccn3)n2)c1F. The minimum absolute atomic E-state index is 0.0173. The van der Waals surface area contributed by atoms with Crippen molar-refractivity contribution in [3.8, 4) is 17.7 Å². The van der Waals surface area contributed by atoms with Crippen LogP contribution in [0.3, 0.4) is 0 Å². The Morgan fingerprint density at radius 1 is 1.19 bits per heavy atom. The number of hydrogen-bond donors (Lipinski definition) is 0. The third-order valence-electron chi connectivity index (χ3n) is 2.64. The third-order valence-corrected chi connectivity index (χ3v) is 2.81. The molecule has 2 heterocycles. The van der Waals surface area contributed by atoms with Gasteiger partial charge in [-0.1, -0.05) is 12.1 Å². The summed E-state index contributed by atoms with van der Waals surface area (Å²) in [6, 6.07) is 6.39. The lowest BCUT2D eigenvalue weighted by Crippen LogP contribution is -2.05. The van der Waals surface area contributed by atoms with Crippen LogP contribution >= 0.6 is 11.6 Å². The standard InChI is InChI=1S/C13H9ClFN5O/c1-8-4-2-5-9(10(8)15)21-13-18-11(14)17-12(19-13)20-7-3-6-16-20/h2-7H,1H3. The molecular weight excluding hydrogens is 297 g/mol. The largest absolute Gasteiger partial charge is 0.421 e. The summed E-state index contributed by atoms with van der Waals surface area (Å²) in [5, 5.41) is 3.91. The predicted molar refractivity (Wildman–Crippen MR) is 73.2 cm³/mol. The third kappa shape index (κ3) is 2.82. The van der Waals surface area contributed by atoms with Crippen molar-refractivity contribution in [3.05, 3.63) is 53.3 Å². The zero-order valence-corrected chi connectivity index (χ0v) is 11.6. The van der Waals surface area contributed by atoms with Crippen LogP contribution in [0.2, 0.25) is 5.28 Å². The Hall–Kier alpha value is -2.54. The Labute approximate surface area is 124 Å². The van der Waals surface area contributed by atoms with Gasteiger partial charge < -0.3 is 4.74 Å². The van der Waals surface area contributed by atoms with E-state index in [4.69, 9.17) is 16.3 Å². The fourth-order valence-electron chi connectivity index (χ4n) is 1.65. The average molecular weight is 306 g/mol. The smallest absolute Gasteiger partial charge is 0.328 e. The van der Waals surface area contributed by atoms with Crippen molar-refractivity contribution in [2.45, 2.75) is 6.92 Å². The van der Waals surface area contributed by atoms with Gasteiger partial charge in [-0.25, -0.2) is 9.07 Å². The van der Waals surface area contributed by atoms with Crippen molar-refractivity contribution in [1.29, 1.82) is 0 Å². The Bertz CT molecular complexity index is 778.